The molecule has 1 saturated heterocycles. The van der Waals surface area contributed by atoms with Crippen LogP contribution in [0.15, 0.2) is 108 Å². The van der Waals surface area contributed by atoms with Gasteiger partial charge in [-0.1, -0.05) is 90.6 Å². The predicted molar refractivity (Wildman–Crippen MR) is 212 cm³/mol. The molecular weight excluding hydrogens is 801 g/mol. The zero-order valence-corrected chi connectivity index (χ0v) is 32.8. The van der Waals surface area contributed by atoms with E-state index in [4.69, 9.17) is 33.2 Å². The second kappa shape index (κ2) is 17.9. The quantitative estimate of drug-likeness (QED) is 0.0835. The topological polar surface area (TPSA) is 214 Å². The molecule has 310 valence electrons. The number of fused-ring (bicyclic) bond motifs is 4. The van der Waals surface area contributed by atoms with E-state index >= 15 is 0 Å². The van der Waals surface area contributed by atoms with Crippen LogP contribution in [0.4, 0.5) is 0 Å². The van der Waals surface area contributed by atoms with Crippen LogP contribution in [-0.4, -0.2) is 80.8 Å². The summed E-state index contributed by atoms with van der Waals surface area (Å²) in [4.78, 5) is 54.6. The summed E-state index contributed by atoms with van der Waals surface area (Å²) in [5.74, 6) is -8.44. The Morgan fingerprint density at radius 2 is 1.12 bits per heavy atom. The summed E-state index contributed by atoms with van der Waals surface area (Å²) in [6, 6.07) is 28.1. The Hall–Kier alpha value is -6.91. The number of phenols is 4. The fourth-order valence-electron chi connectivity index (χ4n) is 6.75. The van der Waals surface area contributed by atoms with Crippen molar-refractivity contribution in [3.8, 4) is 45.6 Å². The first-order valence-electron chi connectivity index (χ1n) is 18.5. The number of ether oxygens (including phenoxy) is 7. The van der Waals surface area contributed by atoms with E-state index in [2.05, 4.69) is 0 Å². The summed E-state index contributed by atoms with van der Waals surface area (Å²) in [7, 11) is 0. The number of aromatic hydroxyl groups is 4. The minimum Gasteiger partial charge on any atom is -0.504 e. The second-order valence-corrected chi connectivity index (χ2v) is 14.8. The number of carbonyl (C=O) groups is 4. The SMILES string of the molecule is CC(=O)OC[C@H]1O[C@@H](Sc2ccccc2)[C@H](OC(C)=O)[C@H]2OC(=O)c3cc(O)c(OCc4ccccc4)c(O)c3-c3c(cc(O)c(OCc4ccccc4)c3O)C(=O)O[C@@H]21. The summed E-state index contributed by atoms with van der Waals surface area (Å²) < 4.78 is 41.1. The maximum atomic E-state index is 14.6. The summed E-state index contributed by atoms with van der Waals surface area (Å²) >= 11 is 1.08. The molecule has 60 heavy (non-hydrogen) atoms. The molecule has 1 fully saturated rings. The van der Waals surface area contributed by atoms with E-state index in [1.54, 1.807) is 91.0 Å². The van der Waals surface area contributed by atoms with E-state index in [1.807, 2.05) is 0 Å². The molecule has 0 bridgehead atoms. The first-order chi connectivity index (χ1) is 28.9. The van der Waals surface area contributed by atoms with Gasteiger partial charge >= 0.3 is 23.9 Å². The van der Waals surface area contributed by atoms with Gasteiger partial charge < -0.3 is 53.6 Å². The molecule has 0 amide bonds. The molecule has 0 aliphatic carbocycles. The summed E-state index contributed by atoms with van der Waals surface area (Å²) in [6.45, 7) is 1.37. The highest BCUT2D eigenvalue weighted by Gasteiger charge is 2.54. The highest BCUT2D eigenvalue weighted by molar-refractivity contribution is 7.99. The lowest BCUT2D eigenvalue weighted by molar-refractivity contribution is -0.221. The van der Waals surface area contributed by atoms with Gasteiger partial charge in [0.05, 0.1) is 11.1 Å². The van der Waals surface area contributed by atoms with Gasteiger partial charge in [0.15, 0.2) is 41.3 Å². The molecule has 0 spiro atoms. The molecule has 0 radical (unpaired) electrons. The van der Waals surface area contributed by atoms with E-state index in [1.165, 1.54) is 0 Å². The Morgan fingerprint density at radius 1 is 0.650 bits per heavy atom. The van der Waals surface area contributed by atoms with E-state index in [0.717, 1.165) is 37.7 Å². The van der Waals surface area contributed by atoms with Crippen molar-refractivity contribution in [3.05, 3.63) is 125 Å². The Kier molecular flexibility index (Phi) is 12.3. The first-order valence-corrected chi connectivity index (χ1v) is 19.4. The highest BCUT2D eigenvalue weighted by atomic mass is 32.2. The van der Waals surface area contributed by atoms with Gasteiger partial charge in [0.25, 0.3) is 0 Å². The average Bonchev–Trinajstić information content (AvgIpc) is 3.22. The average molecular weight is 839 g/mol. The summed E-state index contributed by atoms with van der Waals surface area (Å²) in [5, 5.41) is 46.6. The minimum absolute atomic E-state index is 0.175. The number of hydrogen-bond acceptors (Lipinski definition) is 16. The van der Waals surface area contributed by atoms with E-state index in [9.17, 15) is 39.6 Å². The molecule has 16 heteroatoms. The van der Waals surface area contributed by atoms with Crippen LogP contribution in [0.1, 0.15) is 45.7 Å². The molecule has 4 N–H and O–H groups in total. The largest absolute Gasteiger partial charge is 0.504 e. The zero-order valence-electron chi connectivity index (χ0n) is 32.0. The molecule has 15 nitrogen and oxygen atoms in total. The van der Waals surface area contributed by atoms with E-state index in [-0.39, 0.29) is 13.2 Å². The van der Waals surface area contributed by atoms with Crippen molar-refractivity contribution in [1.29, 1.82) is 0 Å². The van der Waals surface area contributed by atoms with Crippen LogP contribution in [0, 0.1) is 0 Å². The number of phenolic OH excluding ortho intramolecular Hbond substituents is 4. The third kappa shape index (κ3) is 8.89. The Balaban J connectivity index is 1.41. The highest BCUT2D eigenvalue weighted by Crippen LogP contribution is 2.54. The molecule has 5 atom stereocenters. The third-order valence-corrected chi connectivity index (χ3v) is 10.6. The third-order valence-electron chi connectivity index (χ3n) is 9.44. The molecule has 5 aromatic rings. The minimum atomic E-state index is -1.69. The van der Waals surface area contributed by atoms with Gasteiger partial charge in [-0.3, -0.25) is 9.59 Å². The van der Waals surface area contributed by atoms with Crippen LogP contribution in [0.2, 0.25) is 0 Å². The van der Waals surface area contributed by atoms with Gasteiger partial charge in [-0.2, -0.15) is 0 Å². The van der Waals surface area contributed by atoms with E-state index < -0.39 is 117 Å². The molecular formula is C44H38O15S. The number of carbonyl (C=O) groups excluding carboxylic acids is 4. The van der Waals surface area contributed by atoms with Crippen LogP contribution in [0.3, 0.4) is 0 Å². The van der Waals surface area contributed by atoms with Crippen molar-refractivity contribution in [2.24, 2.45) is 0 Å². The number of rotatable bonds is 11. The van der Waals surface area contributed by atoms with Gasteiger partial charge in [0.1, 0.15) is 31.4 Å². The smallest absolute Gasteiger partial charge is 0.339 e. The van der Waals surface area contributed by atoms with Crippen LogP contribution in [-0.2, 0) is 46.5 Å². The maximum absolute atomic E-state index is 14.6. The number of hydrogen-bond donors (Lipinski definition) is 4. The lowest BCUT2D eigenvalue weighted by Crippen LogP contribution is -2.61. The maximum Gasteiger partial charge on any atom is 0.339 e. The van der Waals surface area contributed by atoms with Gasteiger partial charge in [-0.25, -0.2) is 9.59 Å². The zero-order chi connectivity index (χ0) is 42.5. The normalized spacial score (nSPS) is 19.6. The van der Waals surface area contributed by atoms with Gasteiger partial charge in [0, 0.05) is 29.9 Å². The molecule has 0 saturated carbocycles. The lowest BCUT2D eigenvalue weighted by Gasteiger charge is -2.44. The molecule has 5 aromatic carbocycles. The Bertz CT molecular complexity index is 2390. The van der Waals surface area contributed by atoms with Crippen LogP contribution >= 0.6 is 11.8 Å². The molecule has 2 heterocycles. The summed E-state index contributed by atoms with van der Waals surface area (Å²) in [5.41, 5.74) is -2.23. The van der Waals surface area contributed by atoms with Gasteiger partial charge in [-0.05, 0) is 35.4 Å². The van der Waals surface area contributed by atoms with Crippen molar-refractivity contribution in [3.63, 3.8) is 0 Å². The van der Waals surface area contributed by atoms with Crippen LogP contribution in [0.25, 0.3) is 11.1 Å². The van der Waals surface area contributed by atoms with Crippen LogP contribution in [0.5, 0.6) is 34.5 Å². The number of benzene rings is 5. The van der Waals surface area contributed by atoms with E-state index in [0.29, 0.717) is 16.0 Å². The summed E-state index contributed by atoms with van der Waals surface area (Å²) in [6.07, 6.45) is -6.22. The van der Waals surface area contributed by atoms with Gasteiger partial charge in [-0.15, -0.1) is 0 Å². The number of thioether (sulfide) groups is 1. The fourth-order valence-corrected chi connectivity index (χ4v) is 7.88. The lowest BCUT2D eigenvalue weighted by atomic mass is 9.91. The van der Waals surface area contributed by atoms with Gasteiger partial charge in [0.2, 0.25) is 11.5 Å². The molecule has 0 aromatic heterocycles. The van der Waals surface area contributed by atoms with Crippen molar-refractivity contribution in [2.45, 2.75) is 61.8 Å². The van der Waals surface area contributed by atoms with Crippen molar-refractivity contribution < 1.29 is 72.8 Å². The fraction of sp³-hybridized carbons (Fsp3) is 0.227. The van der Waals surface area contributed by atoms with Crippen molar-refractivity contribution in [2.75, 3.05) is 6.61 Å². The van der Waals surface area contributed by atoms with Crippen molar-refractivity contribution in [1.82, 2.24) is 0 Å². The molecule has 0 unspecified atom stereocenters. The van der Waals surface area contributed by atoms with Crippen LogP contribution < -0.4 is 9.47 Å². The first kappa shape index (κ1) is 41.3. The van der Waals surface area contributed by atoms with Crippen molar-refractivity contribution >= 4 is 35.6 Å². The predicted octanol–water partition coefficient (Wildman–Crippen LogP) is 6.41. The standard InChI is InChI=1S/C44H38O15S/c1-23(45)53-22-32-39-40(41(56-24(2)46)44(57-32)60-27-16-10-5-11-17-27)59-43(52)29-19-31(48)38(55-21-26-14-8-4-9-15-26)36(50)34(29)33-28(42(51)58-39)18-30(47)37(35(33)49)54-20-25-12-6-3-7-13-25/h3-19,32,39-41,44,47-50H,20-22H2,1-2H3/t32-,39-,40+,41-,44+/m1/s1. The second-order valence-electron chi connectivity index (χ2n) is 13.6. The molecule has 2 aliphatic heterocycles. The Labute approximate surface area is 346 Å². The molecule has 2 aliphatic rings. The number of esters is 4. The monoisotopic (exact) mass is 838 g/mol. The molecule has 7 rings (SSSR count). The Morgan fingerprint density at radius 3 is 1.58 bits per heavy atom.